The van der Waals surface area contributed by atoms with Crippen molar-refractivity contribution in [3.63, 3.8) is 0 Å². The molecule has 2 N–H and O–H groups in total. The summed E-state index contributed by atoms with van der Waals surface area (Å²) >= 11 is 0. The number of nitrogens with one attached hydrogen (secondary N) is 2. The lowest BCUT2D eigenvalue weighted by molar-refractivity contribution is -0.120. The molecule has 0 aliphatic rings. The minimum atomic E-state index is 0.0394. The van der Waals surface area contributed by atoms with Gasteiger partial charge in [0, 0.05) is 43.2 Å². The summed E-state index contributed by atoms with van der Waals surface area (Å²) in [6.07, 6.45) is 5.72. The first-order valence-corrected chi connectivity index (χ1v) is 9.94. The number of fused-ring (bicyclic) bond motifs is 1. The smallest absolute Gasteiger partial charge is 0.229 e. The molecule has 0 unspecified atom stereocenters. The zero-order valence-corrected chi connectivity index (χ0v) is 17.0. The Bertz CT molecular complexity index is 1150. The van der Waals surface area contributed by atoms with E-state index in [9.17, 15) is 4.79 Å². The van der Waals surface area contributed by atoms with Crippen LogP contribution in [-0.2, 0) is 17.9 Å². The van der Waals surface area contributed by atoms with E-state index < -0.39 is 0 Å². The van der Waals surface area contributed by atoms with E-state index in [4.69, 9.17) is 4.98 Å². The molecule has 0 bridgehead atoms. The number of imidazole rings is 1. The third-order valence-corrected chi connectivity index (χ3v) is 4.76. The maximum absolute atomic E-state index is 11.4. The number of rotatable bonds is 7. The van der Waals surface area contributed by atoms with Crippen molar-refractivity contribution in [3.8, 4) is 11.4 Å². The van der Waals surface area contributed by atoms with Gasteiger partial charge in [0.2, 0.25) is 11.9 Å². The highest BCUT2D eigenvalue weighted by molar-refractivity contribution is 5.78. The fourth-order valence-corrected chi connectivity index (χ4v) is 3.16. The Morgan fingerprint density at radius 1 is 1.03 bits per heavy atom. The average molecular weight is 401 g/mol. The van der Waals surface area contributed by atoms with Crippen molar-refractivity contribution >= 4 is 28.7 Å². The molecular weight excluding hydrogens is 378 g/mol. The number of anilines is 2. The second-order valence-corrected chi connectivity index (χ2v) is 6.77. The molecule has 3 aromatic heterocycles. The molecule has 30 heavy (non-hydrogen) atoms. The van der Waals surface area contributed by atoms with Crippen molar-refractivity contribution < 1.29 is 4.79 Å². The van der Waals surface area contributed by atoms with Crippen LogP contribution >= 0.6 is 0 Å². The van der Waals surface area contributed by atoms with Gasteiger partial charge >= 0.3 is 0 Å². The van der Waals surface area contributed by atoms with Crippen LogP contribution in [0.1, 0.15) is 25.8 Å². The van der Waals surface area contributed by atoms with Crippen molar-refractivity contribution in [2.24, 2.45) is 0 Å². The van der Waals surface area contributed by atoms with E-state index in [-0.39, 0.29) is 5.91 Å². The quantitative estimate of drug-likeness (QED) is 0.490. The Labute approximate surface area is 174 Å². The molecule has 0 saturated heterocycles. The first kappa shape index (κ1) is 19.5. The van der Waals surface area contributed by atoms with E-state index in [1.54, 1.807) is 18.6 Å². The number of carbonyl (C=O) groups excluding carboxylic acids is 1. The third-order valence-electron chi connectivity index (χ3n) is 4.76. The minimum absolute atomic E-state index is 0.0394. The van der Waals surface area contributed by atoms with Crippen LogP contribution in [-0.4, -0.2) is 30.4 Å². The summed E-state index contributed by atoms with van der Waals surface area (Å²) in [5.74, 6) is 1.39. The second-order valence-electron chi connectivity index (χ2n) is 6.77. The number of carbonyl (C=O) groups is 1. The van der Waals surface area contributed by atoms with Gasteiger partial charge < -0.3 is 15.2 Å². The molecule has 0 atom stereocenters. The van der Waals surface area contributed by atoms with E-state index in [0.29, 0.717) is 18.9 Å². The molecule has 0 spiro atoms. The SMILES string of the molecule is CCC(=O)NCc1ccc(Nc2ncc3nc(-c4ccncc4)n(CC)c3n2)cc1. The highest BCUT2D eigenvalue weighted by atomic mass is 16.1. The van der Waals surface area contributed by atoms with Gasteiger partial charge in [0.05, 0.1) is 6.20 Å². The zero-order chi connectivity index (χ0) is 20.9. The van der Waals surface area contributed by atoms with E-state index >= 15 is 0 Å². The number of aromatic nitrogens is 5. The molecule has 1 aromatic carbocycles. The number of pyridine rings is 1. The number of hydrogen-bond acceptors (Lipinski definition) is 6. The summed E-state index contributed by atoms with van der Waals surface area (Å²) in [6, 6.07) is 11.7. The summed E-state index contributed by atoms with van der Waals surface area (Å²) < 4.78 is 2.07. The van der Waals surface area contributed by atoms with Crippen LogP contribution in [0, 0.1) is 0 Å². The van der Waals surface area contributed by atoms with Gasteiger partial charge in [-0.1, -0.05) is 19.1 Å². The molecule has 8 heteroatoms. The number of aryl methyl sites for hydroxylation is 1. The number of nitrogens with zero attached hydrogens (tertiary/aromatic N) is 5. The van der Waals surface area contributed by atoms with Crippen molar-refractivity contribution in [1.82, 2.24) is 29.8 Å². The van der Waals surface area contributed by atoms with Crippen LogP contribution in [0.5, 0.6) is 0 Å². The van der Waals surface area contributed by atoms with E-state index in [1.165, 1.54) is 0 Å². The molecule has 0 fully saturated rings. The Kier molecular flexibility index (Phi) is 5.65. The Morgan fingerprint density at radius 3 is 2.50 bits per heavy atom. The molecule has 0 aliphatic carbocycles. The largest absolute Gasteiger partial charge is 0.352 e. The van der Waals surface area contributed by atoms with E-state index in [1.807, 2.05) is 43.3 Å². The van der Waals surface area contributed by atoms with Crippen LogP contribution < -0.4 is 10.6 Å². The summed E-state index contributed by atoms with van der Waals surface area (Å²) in [5, 5.41) is 6.11. The fourth-order valence-electron chi connectivity index (χ4n) is 3.16. The predicted molar refractivity (Wildman–Crippen MR) is 116 cm³/mol. The van der Waals surface area contributed by atoms with Crippen LogP contribution in [0.2, 0.25) is 0 Å². The molecule has 0 aliphatic heterocycles. The van der Waals surface area contributed by atoms with Gasteiger partial charge in [-0.3, -0.25) is 9.78 Å². The molecule has 4 rings (SSSR count). The topological polar surface area (TPSA) is 97.6 Å². The number of benzene rings is 1. The number of amides is 1. The minimum Gasteiger partial charge on any atom is -0.352 e. The Balaban J connectivity index is 1.56. The van der Waals surface area contributed by atoms with Crippen molar-refractivity contribution in [3.05, 3.63) is 60.6 Å². The first-order chi connectivity index (χ1) is 14.7. The Morgan fingerprint density at radius 2 is 1.80 bits per heavy atom. The summed E-state index contributed by atoms with van der Waals surface area (Å²) in [6.45, 7) is 5.16. The summed E-state index contributed by atoms with van der Waals surface area (Å²) in [7, 11) is 0. The van der Waals surface area contributed by atoms with Crippen LogP contribution in [0.3, 0.4) is 0 Å². The predicted octanol–water partition coefficient (Wildman–Crippen LogP) is 3.68. The molecule has 0 saturated carbocycles. The van der Waals surface area contributed by atoms with Crippen LogP contribution in [0.4, 0.5) is 11.6 Å². The molecule has 0 radical (unpaired) electrons. The Hall–Kier alpha value is -3.81. The van der Waals surface area contributed by atoms with Gasteiger partial charge in [-0.2, -0.15) is 4.98 Å². The molecule has 152 valence electrons. The standard InChI is InChI=1S/C22H23N7O/c1-3-19(30)24-13-15-5-7-17(8-6-15)26-22-25-14-18-21(28-22)29(4-2)20(27-18)16-9-11-23-12-10-16/h5-12,14H,3-4,13H2,1-2H3,(H,24,30)(H,25,26,28). The van der Waals surface area contributed by atoms with Gasteiger partial charge in [0.25, 0.3) is 0 Å². The lowest BCUT2D eigenvalue weighted by Crippen LogP contribution is -2.21. The van der Waals surface area contributed by atoms with Crippen molar-refractivity contribution in [2.75, 3.05) is 5.32 Å². The highest BCUT2D eigenvalue weighted by Crippen LogP contribution is 2.24. The van der Waals surface area contributed by atoms with Crippen molar-refractivity contribution in [1.29, 1.82) is 0 Å². The van der Waals surface area contributed by atoms with E-state index in [0.717, 1.165) is 40.3 Å². The monoisotopic (exact) mass is 401 g/mol. The van der Waals surface area contributed by atoms with Gasteiger partial charge in [0.15, 0.2) is 5.65 Å². The normalized spacial score (nSPS) is 10.9. The van der Waals surface area contributed by atoms with Gasteiger partial charge in [-0.15, -0.1) is 0 Å². The summed E-state index contributed by atoms with van der Waals surface area (Å²) in [5.41, 5.74) is 4.42. The first-order valence-electron chi connectivity index (χ1n) is 9.94. The lowest BCUT2D eigenvalue weighted by atomic mass is 10.2. The van der Waals surface area contributed by atoms with Crippen LogP contribution in [0.25, 0.3) is 22.6 Å². The highest BCUT2D eigenvalue weighted by Gasteiger charge is 2.14. The maximum Gasteiger partial charge on any atom is 0.229 e. The van der Waals surface area contributed by atoms with Crippen molar-refractivity contribution in [2.45, 2.75) is 33.4 Å². The zero-order valence-electron chi connectivity index (χ0n) is 17.0. The molecule has 8 nitrogen and oxygen atoms in total. The molecule has 3 heterocycles. The average Bonchev–Trinajstić information content (AvgIpc) is 3.17. The molecular formula is C22H23N7O. The van der Waals surface area contributed by atoms with Gasteiger partial charge in [-0.25, -0.2) is 9.97 Å². The molecule has 4 aromatic rings. The van der Waals surface area contributed by atoms with Crippen LogP contribution in [0.15, 0.2) is 55.0 Å². The lowest BCUT2D eigenvalue weighted by Gasteiger charge is -2.08. The van der Waals surface area contributed by atoms with E-state index in [2.05, 4.69) is 37.1 Å². The maximum atomic E-state index is 11.4. The summed E-state index contributed by atoms with van der Waals surface area (Å²) in [4.78, 5) is 29.3. The number of hydrogen-bond donors (Lipinski definition) is 2. The second kappa shape index (κ2) is 8.69. The third kappa shape index (κ3) is 4.12. The molecule has 1 amide bonds. The van der Waals surface area contributed by atoms with Gasteiger partial charge in [0.1, 0.15) is 11.3 Å². The van der Waals surface area contributed by atoms with Gasteiger partial charge in [-0.05, 0) is 36.8 Å². The fraction of sp³-hybridized carbons (Fsp3) is 0.227.